The third kappa shape index (κ3) is 3.58. The van der Waals surface area contributed by atoms with Crippen molar-refractivity contribution in [2.45, 2.75) is 0 Å². The molecule has 9 heteroatoms. The fourth-order valence-corrected chi connectivity index (χ4v) is 3.93. The van der Waals surface area contributed by atoms with Crippen LogP contribution in [0.4, 0.5) is 4.79 Å². The van der Waals surface area contributed by atoms with Crippen molar-refractivity contribution in [1.29, 1.82) is 0 Å². The van der Waals surface area contributed by atoms with Crippen LogP contribution >= 0.6 is 50.3 Å². The maximum atomic E-state index is 12.0. The van der Waals surface area contributed by atoms with Gasteiger partial charge in [0, 0.05) is 0 Å². The number of aliphatic carboxylic acids is 1. The largest absolute Gasteiger partial charge is 0.506 e. The molecular formula is C12H7BrINO5S. The first-order valence-electron chi connectivity index (χ1n) is 5.44. The fraction of sp³-hybridized carbons (Fsp3) is 0.0833. The lowest BCUT2D eigenvalue weighted by atomic mass is 10.2. The second-order valence-electron chi connectivity index (χ2n) is 3.99. The molecule has 2 rings (SSSR count). The Bertz CT molecular complexity index is 667. The summed E-state index contributed by atoms with van der Waals surface area (Å²) in [7, 11) is 0. The smallest absolute Gasteiger partial charge is 0.323 e. The highest BCUT2D eigenvalue weighted by Crippen LogP contribution is 2.35. The lowest BCUT2D eigenvalue weighted by Gasteiger charge is -2.07. The first kappa shape index (κ1) is 16.3. The van der Waals surface area contributed by atoms with Gasteiger partial charge in [-0.05, 0) is 74.1 Å². The molecule has 1 fully saturated rings. The van der Waals surface area contributed by atoms with Gasteiger partial charge in [-0.2, -0.15) is 0 Å². The Morgan fingerprint density at radius 3 is 2.67 bits per heavy atom. The van der Waals surface area contributed by atoms with Gasteiger partial charge in [-0.15, -0.1) is 0 Å². The van der Waals surface area contributed by atoms with Gasteiger partial charge in [0.1, 0.15) is 12.3 Å². The number of carboxylic acid groups (broad SMARTS) is 1. The van der Waals surface area contributed by atoms with E-state index in [0.717, 1.165) is 0 Å². The minimum Gasteiger partial charge on any atom is -0.506 e. The van der Waals surface area contributed by atoms with Gasteiger partial charge in [-0.1, -0.05) is 0 Å². The zero-order valence-corrected chi connectivity index (χ0v) is 14.7. The summed E-state index contributed by atoms with van der Waals surface area (Å²) in [4.78, 5) is 35.1. The second kappa shape index (κ2) is 6.36. The van der Waals surface area contributed by atoms with Crippen LogP contribution in [0.5, 0.6) is 5.75 Å². The number of benzene rings is 1. The number of imide groups is 1. The van der Waals surface area contributed by atoms with Crippen molar-refractivity contribution in [3.8, 4) is 5.75 Å². The van der Waals surface area contributed by atoms with Crippen molar-refractivity contribution < 1.29 is 24.6 Å². The molecule has 1 saturated heterocycles. The third-order valence-electron chi connectivity index (χ3n) is 2.50. The van der Waals surface area contributed by atoms with Gasteiger partial charge >= 0.3 is 5.97 Å². The quantitative estimate of drug-likeness (QED) is 0.507. The molecule has 2 amide bonds. The Balaban J connectivity index is 2.33. The zero-order chi connectivity index (χ0) is 15.7. The van der Waals surface area contributed by atoms with E-state index in [1.807, 2.05) is 22.6 Å². The molecule has 0 bridgehead atoms. The van der Waals surface area contributed by atoms with E-state index in [2.05, 4.69) is 15.9 Å². The number of amides is 2. The highest BCUT2D eigenvalue weighted by atomic mass is 127. The van der Waals surface area contributed by atoms with Crippen LogP contribution in [-0.2, 0) is 9.59 Å². The van der Waals surface area contributed by atoms with E-state index >= 15 is 0 Å². The van der Waals surface area contributed by atoms with Gasteiger partial charge < -0.3 is 10.2 Å². The first-order valence-corrected chi connectivity index (χ1v) is 8.13. The standard InChI is InChI=1S/C12H7BrINO5S/c13-6-1-5(2-7(14)10(6)18)3-8-11(19)15(4-9(16)17)12(20)21-8/h1-3,18H,4H2,(H,16,17)/b8-3+. The molecule has 0 unspecified atom stereocenters. The van der Waals surface area contributed by atoms with Gasteiger partial charge in [0.2, 0.25) is 0 Å². The highest BCUT2D eigenvalue weighted by molar-refractivity contribution is 14.1. The van der Waals surface area contributed by atoms with Crippen molar-refractivity contribution in [2.24, 2.45) is 0 Å². The molecule has 2 N–H and O–H groups in total. The molecular weight excluding hydrogens is 477 g/mol. The van der Waals surface area contributed by atoms with E-state index < -0.39 is 23.7 Å². The van der Waals surface area contributed by atoms with E-state index in [0.29, 0.717) is 30.3 Å². The molecule has 1 aromatic carbocycles. The Morgan fingerprint density at radius 1 is 1.43 bits per heavy atom. The van der Waals surface area contributed by atoms with Crippen LogP contribution in [0.1, 0.15) is 5.56 Å². The highest BCUT2D eigenvalue weighted by Gasteiger charge is 2.36. The van der Waals surface area contributed by atoms with Gasteiger partial charge in [0.15, 0.2) is 0 Å². The minimum absolute atomic E-state index is 0.0896. The number of hydrogen-bond donors (Lipinski definition) is 2. The topological polar surface area (TPSA) is 94.9 Å². The third-order valence-corrected chi connectivity index (χ3v) is 4.84. The maximum Gasteiger partial charge on any atom is 0.323 e. The number of carbonyl (C=O) groups is 3. The molecule has 0 spiro atoms. The molecule has 1 aliphatic rings. The summed E-state index contributed by atoms with van der Waals surface area (Å²) in [6.45, 7) is -0.654. The molecule has 1 aliphatic heterocycles. The van der Waals surface area contributed by atoms with Crippen molar-refractivity contribution in [3.63, 3.8) is 0 Å². The predicted molar refractivity (Wildman–Crippen MR) is 88.8 cm³/mol. The summed E-state index contributed by atoms with van der Waals surface area (Å²) in [5.41, 5.74) is 0.616. The summed E-state index contributed by atoms with van der Waals surface area (Å²) in [6.07, 6.45) is 1.49. The summed E-state index contributed by atoms with van der Waals surface area (Å²) < 4.78 is 1.04. The molecule has 1 aromatic rings. The molecule has 0 atom stereocenters. The van der Waals surface area contributed by atoms with Gasteiger partial charge in [0.25, 0.3) is 11.1 Å². The van der Waals surface area contributed by atoms with Crippen LogP contribution in [0, 0.1) is 3.57 Å². The Kier molecular flexibility index (Phi) is 4.94. The monoisotopic (exact) mass is 483 g/mol. The molecule has 110 valence electrons. The van der Waals surface area contributed by atoms with Crippen LogP contribution in [0.2, 0.25) is 0 Å². The minimum atomic E-state index is -1.25. The number of rotatable bonds is 3. The Labute approximate surface area is 145 Å². The maximum absolute atomic E-state index is 12.0. The van der Waals surface area contributed by atoms with Crippen LogP contribution in [0.25, 0.3) is 6.08 Å². The number of thioether (sulfide) groups is 1. The van der Waals surface area contributed by atoms with E-state index in [4.69, 9.17) is 5.11 Å². The zero-order valence-electron chi connectivity index (χ0n) is 10.2. The van der Waals surface area contributed by atoms with E-state index in [1.165, 1.54) is 6.08 Å². The fourth-order valence-electron chi connectivity index (χ4n) is 1.59. The molecule has 0 aliphatic carbocycles. The number of carbonyl (C=O) groups excluding carboxylic acids is 2. The van der Waals surface area contributed by atoms with Gasteiger partial charge in [0.05, 0.1) is 12.9 Å². The molecule has 21 heavy (non-hydrogen) atoms. The van der Waals surface area contributed by atoms with Crippen LogP contribution in [0.15, 0.2) is 21.5 Å². The van der Waals surface area contributed by atoms with Crippen molar-refractivity contribution >= 4 is 73.5 Å². The van der Waals surface area contributed by atoms with E-state index in [1.54, 1.807) is 12.1 Å². The number of nitrogens with zero attached hydrogens (tertiary/aromatic N) is 1. The van der Waals surface area contributed by atoms with Gasteiger partial charge in [-0.3, -0.25) is 19.3 Å². The van der Waals surface area contributed by atoms with Crippen molar-refractivity contribution in [3.05, 3.63) is 30.6 Å². The summed E-state index contributed by atoms with van der Waals surface area (Å²) in [6, 6.07) is 3.24. The first-order chi connectivity index (χ1) is 9.79. The number of halogens is 2. The number of aromatic hydroxyl groups is 1. The van der Waals surface area contributed by atoms with Gasteiger partial charge in [-0.25, -0.2) is 0 Å². The molecule has 0 radical (unpaired) electrons. The van der Waals surface area contributed by atoms with E-state index in [9.17, 15) is 19.5 Å². The molecule has 1 heterocycles. The molecule has 0 aromatic heterocycles. The second-order valence-corrected chi connectivity index (χ2v) is 7.00. The lowest BCUT2D eigenvalue weighted by Crippen LogP contribution is -2.33. The van der Waals surface area contributed by atoms with Crippen molar-refractivity contribution in [1.82, 2.24) is 4.90 Å². The van der Waals surface area contributed by atoms with Crippen LogP contribution < -0.4 is 0 Å². The van der Waals surface area contributed by atoms with Crippen LogP contribution in [-0.4, -0.2) is 38.8 Å². The van der Waals surface area contributed by atoms with Crippen LogP contribution in [0.3, 0.4) is 0 Å². The Morgan fingerprint density at radius 2 is 2.10 bits per heavy atom. The lowest BCUT2D eigenvalue weighted by molar-refractivity contribution is -0.140. The summed E-state index contributed by atoms with van der Waals surface area (Å²) in [5, 5.41) is 17.7. The molecule has 6 nitrogen and oxygen atoms in total. The number of hydrogen-bond acceptors (Lipinski definition) is 5. The number of phenols is 1. The summed E-state index contributed by atoms with van der Waals surface area (Å²) in [5.74, 6) is -1.79. The number of carboxylic acids is 1. The predicted octanol–water partition coefficient (Wildman–Crippen LogP) is 2.88. The normalized spacial score (nSPS) is 16.9. The van der Waals surface area contributed by atoms with E-state index in [-0.39, 0.29) is 10.7 Å². The number of phenolic OH excluding ortho intramolecular Hbond substituents is 1. The Hall–Kier alpha value is -1.07. The SMILES string of the molecule is O=C(O)CN1C(=O)S/C(=C/c2cc(Br)c(O)c(I)c2)C1=O. The average Bonchev–Trinajstić information content (AvgIpc) is 2.63. The molecule has 0 saturated carbocycles. The summed E-state index contributed by atoms with van der Waals surface area (Å²) >= 11 is 5.81. The average molecular weight is 484 g/mol. The van der Waals surface area contributed by atoms with Crippen molar-refractivity contribution in [2.75, 3.05) is 6.54 Å².